The third-order valence-electron chi connectivity index (χ3n) is 2.15. The number of hydrogen-bond donors (Lipinski definition) is 1. The molecule has 0 spiro atoms. The molecule has 1 aromatic carbocycles. The Labute approximate surface area is 83.5 Å². The van der Waals surface area contributed by atoms with E-state index in [0.717, 1.165) is 0 Å². The van der Waals surface area contributed by atoms with Gasteiger partial charge < -0.3 is 15.2 Å². The molecule has 0 bridgehead atoms. The molecule has 1 atom stereocenters. The van der Waals surface area contributed by atoms with Crippen LogP contribution in [0.1, 0.15) is 18.0 Å². The average Bonchev–Trinajstić information content (AvgIpc) is 2.55. The van der Waals surface area contributed by atoms with E-state index in [1.54, 1.807) is 0 Å². The number of ether oxygens (including phenoxy) is 2. The van der Waals surface area contributed by atoms with Gasteiger partial charge in [-0.15, -0.1) is 0 Å². The Morgan fingerprint density at radius 1 is 1.38 bits per heavy atom. The van der Waals surface area contributed by atoms with Gasteiger partial charge in [-0.1, -0.05) is 0 Å². The predicted octanol–water partition coefficient (Wildman–Crippen LogP) is 0.841. The maximum atomic E-state index is 7.90. The Morgan fingerprint density at radius 2 is 2.08 bits per heavy atom. The van der Waals surface area contributed by atoms with Gasteiger partial charge in [-0.25, -0.2) is 0 Å². The van der Waals surface area contributed by atoms with Crippen LogP contribution in [0.4, 0.5) is 0 Å². The van der Waals surface area contributed by atoms with Gasteiger partial charge in [0.25, 0.3) is 0 Å². The first-order chi connectivity index (χ1) is 8.12. The van der Waals surface area contributed by atoms with Gasteiger partial charge in [0, 0.05) is 10.1 Å². The molecule has 0 aromatic heterocycles. The molecule has 0 fully saturated rings. The van der Waals surface area contributed by atoms with Gasteiger partial charge >= 0.3 is 0 Å². The molecular formula is C10H11NO2. The summed E-state index contributed by atoms with van der Waals surface area (Å²) in [6, 6.07) is 1.14. The average molecular weight is 182 g/mol. The maximum Gasteiger partial charge on any atom is 0.231 e. The summed E-state index contributed by atoms with van der Waals surface area (Å²) in [6.45, 7) is -2.23. The predicted molar refractivity (Wildman–Crippen MR) is 47.9 cm³/mol. The van der Waals surface area contributed by atoms with Gasteiger partial charge in [-0.2, -0.15) is 0 Å². The number of rotatable bonds is 0. The lowest BCUT2D eigenvalue weighted by Gasteiger charge is -2.00. The van der Waals surface area contributed by atoms with Crippen LogP contribution in [0, 0.1) is 0 Å². The van der Waals surface area contributed by atoms with Crippen LogP contribution in [0.5, 0.6) is 11.5 Å². The molecule has 68 valence electrons. The fourth-order valence-corrected chi connectivity index (χ4v) is 1.56. The number of hydrogen-bond acceptors (Lipinski definition) is 3. The lowest BCUT2D eigenvalue weighted by Crippen LogP contribution is -2.19. The van der Waals surface area contributed by atoms with Gasteiger partial charge in [0.15, 0.2) is 11.5 Å². The number of benzene rings is 1. The molecule has 3 rings (SSSR count). The molecule has 0 saturated heterocycles. The van der Waals surface area contributed by atoms with E-state index >= 15 is 0 Å². The molecule has 2 N–H and O–H groups in total. The summed E-state index contributed by atoms with van der Waals surface area (Å²) in [5.41, 5.74) is 6.47. The molecule has 2 aliphatic rings. The van der Waals surface area contributed by atoms with Gasteiger partial charge in [0.1, 0.15) is 2.74 Å². The lowest BCUT2D eigenvalue weighted by molar-refractivity contribution is 0.174. The molecule has 1 aromatic rings. The summed E-state index contributed by atoms with van der Waals surface area (Å²) in [4.78, 5) is 0. The zero-order chi connectivity index (χ0) is 13.3. The van der Waals surface area contributed by atoms with Crippen molar-refractivity contribution < 1.29 is 16.3 Å². The van der Waals surface area contributed by atoms with Crippen LogP contribution in [0.15, 0.2) is 12.1 Å². The van der Waals surface area contributed by atoms with Crippen LogP contribution >= 0.6 is 0 Å². The van der Waals surface area contributed by atoms with E-state index in [2.05, 4.69) is 0 Å². The molecule has 0 saturated carbocycles. The van der Waals surface area contributed by atoms with Crippen LogP contribution in [-0.4, -0.2) is 12.8 Å². The standard InChI is InChI=1S/C10H11NO2/c11-8-1-6-3-9-10(13-5-12-9)4-7(6)2-8/h3-4,8H,1-2,5,11H2/i1D2,5D2,8D. The Hall–Kier alpha value is -1.22. The number of fused-ring (bicyclic) bond motifs is 2. The summed E-state index contributed by atoms with van der Waals surface area (Å²) in [6.07, 6.45) is -1.95. The Balaban J connectivity index is 2.13. The second kappa shape index (κ2) is 2.39. The Kier molecular flexibility index (Phi) is 0.713. The van der Waals surface area contributed by atoms with Crippen molar-refractivity contribution in [2.24, 2.45) is 5.73 Å². The van der Waals surface area contributed by atoms with E-state index in [1.165, 1.54) is 12.1 Å². The van der Waals surface area contributed by atoms with Crippen LogP contribution in [-0.2, 0) is 12.8 Å². The van der Waals surface area contributed by atoms with Crippen molar-refractivity contribution in [1.82, 2.24) is 0 Å². The molecule has 1 heterocycles. The largest absolute Gasteiger partial charge is 0.454 e. The fraction of sp³-hybridized carbons (Fsp3) is 0.400. The summed E-state index contributed by atoms with van der Waals surface area (Å²) in [5.74, 6) is 0.354. The smallest absolute Gasteiger partial charge is 0.231 e. The minimum atomic E-state index is -2.23. The van der Waals surface area contributed by atoms with E-state index < -0.39 is 19.1 Å². The highest BCUT2D eigenvalue weighted by atomic mass is 16.7. The van der Waals surface area contributed by atoms with Crippen LogP contribution < -0.4 is 15.2 Å². The van der Waals surface area contributed by atoms with Crippen molar-refractivity contribution >= 4 is 0 Å². The topological polar surface area (TPSA) is 44.5 Å². The minimum absolute atomic E-state index is 0.0506. The fourth-order valence-electron chi connectivity index (χ4n) is 1.56. The van der Waals surface area contributed by atoms with Crippen molar-refractivity contribution in [3.05, 3.63) is 23.3 Å². The third-order valence-corrected chi connectivity index (χ3v) is 2.15. The molecule has 0 radical (unpaired) electrons. The third kappa shape index (κ3) is 1.00. The van der Waals surface area contributed by atoms with E-state index in [4.69, 9.17) is 22.1 Å². The molecule has 1 aliphatic heterocycles. The molecule has 0 amide bonds. The summed E-state index contributed by atoms with van der Waals surface area (Å²) >= 11 is 0. The normalized spacial score (nSPS) is 42.4. The highest BCUT2D eigenvalue weighted by molar-refractivity contribution is 5.50. The summed E-state index contributed by atoms with van der Waals surface area (Å²) < 4.78 is 48.1. The summed E-state index contributed by atoms with van der Waals surface area (Å²) in [5, 5.41) is 0. The highest BCUT2D eigenvalue weighted by Crippen LogP contribution is 2.37. The first-order valence-electron chi connectivity index (χ1n) is 6.47. The quantitative estimate of drug-likeness (QED) is 0.646. The first-order valence-corrected chi connectivity index (χ1v) is 3.97. The van der Waals surface area contributed by atoms with E-state index in [0.29, 0.717) is 5.56 Å². The zero-order valence-corrected chi connectivity index (χ0v) is 6.76. The maximum absolute atomic E-state index is 7.90. The molecule has 1 unspecified atom stereocenters. The van der Waals surface area contributed by atoms with Gasteiger partial charge in [-0.3, -0.25) is 0 Å². The summed E-state index contributed by atoms with van der Waals surface area (Å²) in [7, 11) is 0. The van der Waals surface area contributed by atoms with Crippen molar-refractivity contribution in [1.29, 1.82) is 0 Å². The van der Waals surface area contributed by atoms with Crippen LogP contribution in [0.3, 0.4) is 0 Å². The second-order valence-corrected chi connectivity index (χ2v) is 3.07. The van der Waals surface area contributed by atoms with Crippen molar-refractivity contribution in [3.8, 4) is 11.5 Å². The van der Waals surface area contributed by atoms with Crippen molar-refractivity contribution in [2.45, 2.75) is 18.8 Å². The number of nitrogens with two attached hydrogens (primary N) is 1. The molecule has 1 aliphatic carbocycles. The second-order valence-electron chi connectivity index (χ2n) is 3.07. The van der Waals surface area contributed by atoms with Crippen molar-refractivity contribution in [3.63, 3.8) is 0 Å². The monoisotopic (exact) mass is 182 g/mol. The molecule has 3 heteroatoms. The first kappa shape index (κ1) is 3.88. The Bertz CT molecular complexity index is 543. The lowest BCUT2D eigenvalue weighted by atomic mass is 10.1. The van der Waals surface area contributed by atoms with Crippen LogP contribution in [0.25, 0.3) is 0 Å². The van der Waals surface area contributed by atoms with E-state index in [-0.39, 0.29) is 23.5 Å². The van der Waals surface area contributed by atoms with E-state index in [9.17, 15) is 0 Å². The van der Waals surface area contributed by atoms with Gasteiger partial charge in [0.05, 0.1) is 0 Å². The molecule has 3 nitrogen and oxygen atoms in total. The highest BCUT2D eigenvalue weighted by Gasteiger charge is 2.23. The zero-order valence-electron chi connectivity index (χ0n) is 11.8. The van der Waals surface area contributed by atoms with Crippen molar-refractivity contribution in [2.75, 3.05) is 6.75 Å². The van der Waals surface area contributed by atoms with Gasteiger partial charge in [0.2, 0.25) is 6.75 Å². The van der Waals surface area contributed by atoms with Crippen LogP contribution in [0.2, 0.25) is 0 Å². The Morgan fingerprint density at radius 3 is 2.85 bits per heavy atom. The van der Waals surface area contributed by atoms with E-state index in [1.807, 2.05) is 0 Å². The molecular weight excluding hydrogens is 166 g/mol. The van der Waals surface area contributed by atoms with Gasteiger partial charge in [-0.05, 0) is 36.1 Å². The minimum Gasteiger partial charge on any atom is -0.454 e. The molecule has 13 heavy (non-hydrogen) atoms. The SMILES string of the molecule is [2H]C1([2H])Oc2cc3c(cc2O1)C([2H])([2H])C([2H])(N)C3.